The molecule has 0 aliphatic rings. The zero-order chi connectivity index (χ0) is 14.0. The summed E-state index contributed by atoms with van der Waals surface area (Å²) in [4.78, 5) is 0. The molecule has 2 aromatic rings. The molecule has 0 unspecified atom stereocenters. The number of benzene rings is 1. The Morgan fingerprint density at radius 2 is 1.85 bits per heavy atom. The van der Waals surface area contributed by atoms with Gasteiger partial charge in [0.1, 0.15) is 11.5 Å². The van der Waals surface area contributed by atoms with E-state index in [1.165, 1.54) is 5.56 Å². The molecule has 0 amide bonds. The number of furan rings is 1. The Balaban J connectivity index is 0.00000200. The summed E-state index contributed by atoms with van der Waals surface area (Å²) in [5.41, 5.74) is 2.45. The van der Waals surface area contributed by atoms with Crippen molar-refractivity contribution in [3.63, 3.8) is 0 Å². The third kappa shape index (κ3) is 4.65. The lowest BCUT2D eigenvalue weighted by Crippen LogP contribution is -2.34. The Morgan fingerprint density at radius 3 is 2.45 bits per heavy atom. The molecule has 0 aliphatic heterocycles. The Bertz CT molecular complexity index is 572. The maximum Gasteiger partial charge on any atom is 0.134 e. The zero-order valence-corrected chi connectivity index (χ0v) is 14.7. The largest absolute Gasteiger partial charge is 0.460 e. The van der Waals surface area contributed by atoms with Gasteiger partial charge in [-0.1, -0.05) is 15.9 Å². The molecule has 0 bridgehead atoms. The van der Waals surface area contributed by atoms with Crippen LogP contribution >= 0.6 is 28.3 Å². The summed E-state index contributed by atoms with van der Waals surface area (Å²) >= 11 is 3.48. The average Bonchev–Trinajstić information content (AvgIpc) is 2.74. The van der Waals surface area contributed by atoms with Crippen LogP contribution in [0.5, 0.6) is 0 Å². The molecule has 0 atom stereocenters. The highest BCUT2D eigenvalue weighted by Crippen LogP contribution is 2.27. The Labute approximate surface area is 135 Å². The van der Waals surface area contributed by atoms with E-state index >= 15 is 0 Å². The van der Waals surface area contributed by atoms with Gasteiger partial charge in [-0.2, -0.15) is 0 Å². The first kappa shape index (κ1) is 17.3. The fraction of sp³-hybridized carbons (Fsp3) is 0.375. The van der Waals surface area contributed by atoms with Crippen LogP contribution in [-0.4, -0.2) is 5.54 Å². The van der Waals surface area contributed by atoms with Crippen LogP contribution in [0.1, 0.15) is 32.1 Å². The van der Waals surface area contributed by atoms with E-state index in [0.29, 0.717) is 0 Å². The van der Waals surface area contributed by atoms with E-state index in [0.717, 1.165) is 28.1 Å². The van der Waals surface area contributed by atoms with Crippen molar-refractivity contribution in [3.05, 3.63) is 46.1 Å². The van der Waals surface area contributed by atoms with E-state index < -0.39 is 0 Å². The maximum absolute atomic E-state index is 5.91. The van der Waals surface area contributed by atoms with Crippen LogP contribution in [0.15, 0.2) is 39.2 Å². The predicted octanol–water partition coefficient (Wildman–Crippen LogP) is 5.33. The lowest BCUT2D eigenvalue weighted by Gasteiger charge is -2.19. The summed E-state index contributed by atoms with van der Waals surface area (Å²) in [7, 11) is 0. The number of nitrogens with one attached hydrogen (secondary N) is 1. The molecule has 2 nitrogen and oxygen atoms in total. The van der Waals surface area contributed by atoms with Gasteiger partial charge < -0.3 is 9.73 Å². The summed E-state index contributed by atoms with van der Waals surface area (Å²) in [5, 5.41) is 3.43. The van der Waals surface area contributed by atoms with Gasteiger partial charge in [-0.15, -0.1) is 12.4 Å². The molecular formula is C16H21BrClNO. The van der Waals surface area contributed by atoms with Gasteiger partial charge in [0.25, 0.3) is 0 Å². The second-order valence-corrected chi connectivity index (χ2v) is 6.74. The highest BCUT2D eigenvalue weighted by Gasteiger charge is 2.11. The topological polar surface area (TPSA) is 25.2 Å². The number of rotatable bonds is 3. The summed E-state index contributed by atoms with van der Waals surface area (Å²) in [6.45, 7) is 9.29. The van der Waals surface area contributed by atoms with Crippen LogP contribution in [0.4, 0.5) is 0 Å². The number of hydrogen-bond donors (Lipinski definition) is 1. The van der Waals surface area contributed by atoms with E-state index in [4.69, 9.17) is 4.42 Å². The molecule has 2 rings (SSSR count). The molecule has 20 heavy (non-hydrogen) atoms. The SMILES string of the molecule is Cc1cc(Br)ccc1-c1ccc(CNC(C)(C)C)o1.Cl. The number of hydrogen-bond acceptors (Lipinski definition) is 2. The normalized spacial score (nSPS) is 11.2. The molecule has 110 valence electrons. The van der Waals surface area contributed by atoms with Crippen molar-refractivity contribution in [3.8, 4) is 11.3 Å². The molecule has 0 fully saturated rings. The summed E-state index contributed by atoms with van der Waals surface area (Å²) in [6.07, 6.45) is 0. The van der Waals surface area contributed by atoms with Gasteiger partial charge in [-0.3, -0.25) is 0 Å². The van der Waals surface area contributed by atoms with Crippen molar-refractivity contribution in [1.82, 2.24) is 5.32 Å². The highest BCUT2D eigenvalue weighted by molar-refractivity contribution is 9.10. The van der Waals surface area contributed by atoms with Gasteiger partial charge in [0.05, 0.1) is 6.54 Å². The quantitative estimate of drug-likeness (QED) is 0.802. The fourth-order valence-electron chi connectivity index (χ4n) is 1.87. The minimum Gasteiger partial charge on any atom is -0.460 e. The van der Waals surface area contributed by atoms with Crippen LogP contribution in [0.2, 0.25) is 0 Å². The van der Waals surface area contributed by atoms with Crippen LogP contribution in [-0.2, 0) is 6.54 Å². The van der Waals surface area contributed by atoms with E-state index in [2.05, 4.69) is 61.1 Å². The molecule has 0 spiro atoms. The van der Waals surface area contributed by atoms with Crippen LogP contribution in [0.3, 0.4) is 0 Å². The van der Waals surface area contributed by atoms with Gasteiger partial charge in [0.2, 0.25) is 0 Å². The Morgan fingerprint density at radius 1 is 1.15 bits per heavy atom. The first-order valence-corrected chi connectivity index (χ1v) is 7.25. The van der Waals surface area contributed by atoms with Gasteiger partial charge in [0.15, 0.2) is 0 Å². The Hall–Kier alpha value is -0.770. The molecule has 0 saturated heterocycles. The van der Waals surface area contributed by atoms with Crippen LogP contribution in [0.25, 0.3) is 11.3 Å². The van der Waals surface area contributed by atoms with Crippen molar-refractivity contribution in [2.24, 2.45) is 0 Å². The van der Waals surface area contributed by atoms with Gasteiger partial charge in [-0.05, 0) is 63.6 Å². The van der Waals surface area contributed by atoms with E-state index in [9.17, 15) is 0 Å². The average molecular weight is 359 g/mol. The zero-order valence-electron chi connectivity index (χ0n) is 12.3. The van der Waals surface area contributed by atoms with E-state index in [1.807, 2.05) is 18.2 Å². The third-order valence-corrected chi connectivity index (χ3v) is 3.40. The molecule has 0 aliphatic carbocycles. The van der Waals surface area contributed by atoms with Crippen molar-refractivity contribution < 1.29 is 4.42 Å². The molecule has 1 aromatic carbocycles. The van der Waals surface area contributed by atoms with Crippen molar-refractivity contribution in [2.75, 3.05) is 0 Å². The standard InChI is InChI=1S/C16H20BrNO.ClH/c1-11-9-12(17)5-7-14(11)15-8-6-13(19-15)10-18-16(2,3)4;/h5-9,18H,10H2,1-4H3;1H. The monoisotopic (exact) mass is 357 g/mol. The summed E-state index contributed by atoms with van der Waals surface area (Å²) in [6, 6.07) is 10.3. The smallest absolute Gasteiger partial charge is 0.134 e. The molecule has 1 aromatic heterocycles. The van der Waals surface area contributed by atoms with Crippen molar-refractivity contribution in [1.29, 1.82) is 0 Å². The second kappa shape index (κ2) is 6.79. The fourth-order valence-corrected chi connectivity index (χ4v) is 2.35. The number of halogens is 2. The van der Waals surface area contributed by atoms with Crippen LogP contribution in [0, 0.1) is 6.92 Å². The molecule has 1 N–H and O–H groups in total. The minimum absolute atomic E-state index is 0. The number of aryl methyl sites for hydroxylation is 1. The van der Waals surface area contributed by atoms with Gasteiger partial charge in [0, 0.05) is 15.6 Å². The maximum atomic E-state index is 5.91. The molecule has 0 saturated carbocycles. The molecular weight excluding hydrogens is 338 g/mol. The highest BCUT2D eigenvalue weighted by atomic mass is 79.9. The first-order chi connectivity index (χ1) is 8.85. The first-order valence-electron chi connectivity index (χ1n) is 6.45. The predicted molar refractivity (Wildman–Crippen MR) is 90.4 cm³/mol. The summed E-state index contributed by atoms with van der Waals surface area (Å²) < 4.78 is 7.00. The third-order valence-electron chi connectivity index (χ3n) is 2.91. The molecule has 1 heterocycles. The molecule has 0 radical (unpaired) electrons. The van der Waals surface area contributed by atoms with Crippen molar-refractivity contribution in [2.45, 2.75) is 39.8 Å². The van der Waals surface area contributed by atoms with Gasteiger partial charge in [-0.25, -0.2) is 0 Å². The van der Waals surface area contributed by atoms with Crippen molar-refractivity contribution >= 4 is 28.3 Å². The summed E-state index contributed by atoms with van der Waals surface area (Å²) in [5.74, 6) is 1.89. The van der Waals surface area contributed by atoms with E-state index in [1.54, 1.807) is 0 Å². The lowest BCUT2D eigenvalue weighted by atomic mass is 10.1. The Kier molecular flexibility index (Phi) is 5.87. The lowest BCUT2D eigenvalue weighted by molar-refractivity contribution is 0.391. The van der Waals surface area contributed by atoms with E-state index in [-0.39, 0.29) is 17.9 Å². The molecule has 4 heteroatoms. The minimum atomic E-state index is 0. The van der Waals surface area contributed by atoms with Gasteiger partial charge >= 0.3 is 0 Å². The van der Waals surface area contributed by atoms with Crippen LogP contribution < -0.4 is 5.32 Å². The second-order valence-electron chi connectivity index (χ2n) is 5.83.